The molecular formula is C14H12N2O4. The fraction of sp³-hybridized carbons (Fsp3) is 0.0714. The smallest absolute Gasteiger partial charge is 0.371 e. The van der Waals surface area contributed by atoms with Gasteiger partial charge in [-0.05, 0) is 5.56 Å². The summed E-state index contributed by atoms with van der Waals surface area (Å²) in [4.78, 5) is 18.2. The Bertz CT molecular complexity index is 626. The molecule has 2 rings (SSSR count). The molecule has 2 aromatic rings. The van der Waals surface area contributed by atoms with E-state index in [1.54, 1.807) is 0 Å². The van der Waals surface area contributed by atoms with Crippen molar-refractivity contribution in [3.05, 3.63) is 59.7 Å². The minimum atomic E-state index is -1.42. The maximum Gasteiger partial charge on any atom is 0.371 e. The number of carboxylic acid groups (broad SMARTS) is 1. The van der Waals surface area contributed by atoms with Crippen molar-refractivity contribution in [1.82, 2.24) is 9.97 Å². The monoisotopic (exact) mass is 272 g/mol. The number of ether oxygens (including phenoxy) is 1. The summed E-state index contributed by atoms with van der Waals surface area (Å²) in [6.07, 6.45) is 2.26. The molecule has 1 aromatic carbocycles. The number of carboxylic acids is 1. The highest BCUT2D eigenvalue weighted by atomic mass is 16.5. The van der Waals surface area contributed by atoms with Gasteiger partial charge < -0.3 is 14.9 Å². The number of aliphatic hydroxyl groups excluding tert-OH is 1. The molecule has 0 unspecified atom stereocenters. The van der Waals surface area contributed by atoms with Crippen molar-refractivity contribution in [2.24, 2.45) is 0 Å². The molecule has 2 N–H and O–H groups in total. The van der Waals surface area contributed by atoms with Crippen molar-refractivity contribution in [2.45, 2.75) is 6.61 Å². The minimum Gasteiger partial charge on any atom is -0.502 e. The van der Waals surface area contributed by atoms with Gasteiger partial charge in [0.1, 0.15) is 12.9 Å². The highest BCUT2D eigenvalue weighted by Crippen LogP contribution is 2.12. The van der Waals surface area contributed by atoms with Gasteiger partial charge in [-0.2, -0.15) is 0 Å². The summed E-state index contributed by atoms with van der Waals surface area (Å²) in [5.74, 6) is -1.92. The number of carbonyl (C=O) groups is 1. The predicted octanol–water partition coefficient (Wildman–Crippen LogP) is 2.04. The van der Waals surface area contributed by atoms with Crippen LogP contribution in [0.2, 0.25) is 0 Å². The molecule has 0 radical (unpaired) electrons. The molecule has 0 aliphatic carbocycles. The average molecular weight is 272 g/mol. The second kappa shape index (κ2) is 6.33. The van der Waals surface area contributed by atoms with Gasteiger partial charge in [0, 0.05) is 12.1 Å². The lowest BCUT2D eigenvalue weighted by Gasteiger charge is -2.05. The number of hydrogen-bond donors (Lipinski definition) is 2. The van der Waals surface area contributed by atoms with Crippen molar-refractivity contribution >= 4 is 12.0 Å². The van der Waals surface area contributed by atoms with Crippen LogP contribution in [0, 0.1) is 0 Å². The largest absolute Gasteiger partial charge is 0.502 e. The first-order valence-electron chi connectivity index (χ1n) is 5.78. The summed E-state index contributed by atoms with van der Waals surface area (Å²) in [6, 6.07) is 11.0. The summed E-state index contributed by atoms with van der Waals surface area (Å²) in [6.45, 7) is 0.339. The highest BCUT2D eigenvalue weighted by Gasteiger charge is 2.05. The van der Waals surface area contributed by atoms with Crippen LogP contribution >= 0.6 is 0 Å². The molecule has 1 heterocycles. The third-order valence-corrected chi connectivity index (χ3v) is 2.40. The van der Waals surface area contributed by atoms with Gasteiger partial charge in [-0.25, -0.2) is 14.8 Å². The molecule has 20 heavy (non-hydrogen) atoms. The number of benzene rings is 1. The van der Waals surface area contributed by atoms with Crippen molar-refractivity contribution in [3.63, 3.8) is 0 Å². The lowest BCUT2D eigenvalue weighted by atomic mass is 10.2. The average Bonchev–Trinajstić information content (AvgIpc) is 2.46. The van der Waals surface area contributed by atoms with E-state index in [4.69, 9.17) is 14.9 Å². The van der Waals surface area contributed by atoms with E-state index in [-0.39, 0.29) is 5.69 Å². The van der Waals surface area contributed by atoms with Gasteiger partial charge in [0.15, 0.2) is 0 Å². The fourth-order valence-electron chi connectivity index (χ4n) is 1.44. The quantitative estimate of drug-likeness (QED) is 0.639. The summed E-state index contributed by atoms with van der Waals surface area (Å²) < 4.78 is 5.47. The van der Waals surface area contributed by atoms with E-state index >= 15 is 0 Å². The van der Waals surface area contributed by atoms with E-state index in [9.17, 15) is 4.79 Å². The zero-order valence-corrected chi connectivity index (χ0v) is 10.4. The summed E-state index contributed by atoms with van der Waals surface area (Å²) in [5.41, 5.74) is 1.24. The van der Waals surface area contributed by atoms with Crippen LogP contribution in [0.15, 0.2) is 48.5 Å². The van der Waals surface area contributed by atoms with Gasteiger partial charge in [0.2, 0.25) is 11.6 Å². The Hall–Kier alpha value is -2.89. The highest BCUT2D eigenvalue weighted by molar-refractivity contribution is 5.88. The maximum atomic E-state index is 10.5. The molecule has 6 nitrogen and oxygen atoms in total. The molecule has 1 aromatic heterocycles. The Morgan fingerprint density at radius 2 is 1.95 bits per heavy atom. The third-order valence-electron chi connectivity index (χ3n) is 2.40. The summed E-state index contributed by atoms with van der Waals surface area (Å²) >= 11 is 0. The Morgan fingerprint density at radius 3 is 2.65 bits per heavy atom. The maximum absolute atomic E-state index is 10.5. The number of aliphatic carboxylic acids is 1. The van der Waals surface area contributed by atoms with E-state index in [1.807, 2.05) is 30.3 Å². The van der Waals surface area contributed by atoms with E-state index < -0.39 is 11.7 Å². The number of aliphatic hydroxyl groups is 1. The van der Waals surface area contributed by atoms with Crippen molar-refractivity contribution in [1.29, 1.82) is 0 Å². The molecule has 0 fully saturated rings. The van der Waals surface area contributed by atoms with Gasteiger partial charge in [0.05, 0.1) is 5.69 Å². The first-order chi connectivity index (χ1) is 9.65. The molecule has 102 valence electrons. The predicted molar refractivity (Wildman–Crippen MR) is 71.0 cm³/mol. The van der Waals surface area contributed by atoms with Crippen LogP contribution in [0.5, 0.6) is 5.88 Å². The molecule has 0 atom stereocenters. The SMILES string of the molecule is O=C(O)C(O)=Cc1cc(OCc2ccccc2)ncn1. The lowest BCUT2D eigenvalue weighted by Crippen LogP contribution is -2.00. The number of rotatable bonds is 5. The Balaban J connectivity index is 2.07. The Labute approximate surface area is 115 Å². The topological polar surface area (TPSA) is 92.5 Å². The Kier molecular flexibility index (Phi) is 4.28. The van der Waals surface area contributed by atoms with E-state index in [0.29, 0.717) is 12.5 Å². The Morgan fingerprint density at radius 1 is 1.20 bits per heavy atom. The van der Waals surface area contributed by atoms with Crippen molar-refractivity contribution in [2.75, 3.05) is 0 Å². The van der Waals surface area contributed by atoms with Crippen molar-refractivity contribution in [3.8, 4) is 5.88 Å². The molecule has 0 saturated heterocycles. The summed E-state index contributed by atoms with van der Waals surface area (Å²) in [5, 5.41) is 17.7. The van der Waals surface area contributed by atoms with Gasteiger partial charge >= 0.3 is 5.97 Å². The molecule has 0 aliphatic heterocycles. The van der Waals surface area contributed by atoms with Crippen LogP contribution in [0.3, 0.4) is 0 Å². The normalized spacial score (nSPS) is 11.1. The molecule has 6 heteroatoms. The summed E-state index contributed by atoms with van der Waals surface area (Å²) in [7, 11) is 0. The van der Waals surface area contributed by atoms with Crippen LogP contribution in [0.25, 0.3) is 6.08 Å². The molecule has 0 bridgehead atoms. The molecular weight excluding hydrogens is 260 g/mol. The van der Waals surface area contributed by atoms with Crippen LogP contribution < -0.4 is 4.74 Å². The number of hydrogen-bond acceptors (Lipinski definition) is 5. The zero-order valence-electron chi connectivity index (χ0n) is 10.4. The lowest BCUT2D eigenvalue weighted by molar-refractivity contribution is -0.135. The first kappa shape index (κ1) is 13.5. The zero-order chi connectivity index (χ0) is 14.4. The number of aromatic nitrogens is 2. The van der Waals surface area contributed by atoms with Crippen LogP contribution in [-0.2, 0) is 11.4 Å². The molecule has 0 spiro atoms. The van der Waals surface area contributed by atoms with Gasteiger partial charge in [-0.15, -0.1) is 0 Å². The van der Waals surface area contributed by atoms with E-state index in [1.165, 1.54) is 12.4 Å². The minimum absolute atomic E-state index is 0.253. The standard InChI is InChI=1S/C14H12N2O4/c17-12(14(18)19)6-11-7-13(16-9-15-11)20-8-10-4-2-1-3-5-10/h1-7,9,17H,8H2,(H,18,19). The van der Waals surface area contributed by atoms with E-state index in [0.717, 1.165) is 11.6 Å². The number of nitrogens with zero attached hydrogens (tertiary/aromatic N) is 2. The van der Waals surface area contributed by atoms with Gasteiger partial charge in [0.25, 0.3) is 0 Å². The van der Waals surface area contributed by atoms with Gasteiger partial charge in [-0.1, -0.05) is 30.3 Å². The fourth-order valence-corrected chi connectivity index (χ4v) is 1.44. The van der Waals surface area contributed by atoms with E-state index in [2.05, 4.69) is 9.97 Å². The molecule has 0 saturated carbocycles. The third kappa shape index (κ3) is 3.81. The van der Waals surface area contributed by atoms with Crippen LogP contribution in [-0.4, -0.2) is 26.2 Å². The van der Waals surface area contributed by atoms with Crippen molar-refractivity contribution < 1.29 is 19.7 Å². The molecule has 0 aliphatic rings. The van der Waals surface area contributed by atoms with Gasteiger partial charge in [-0.3, -0.25) is 0 Å². The van der Waals surface area contributed by atoms with Crippen LogP contribution in [0.4, 0.5) is 0 Å². The second-order valence-corrected chi connectivity index (χ2v) is 3.89. The second-order valence-electron chi connectivity index (χ2n) is 3.89. The first-order valence-corrected chi connectivity index (χ1v) is 5.78. The molecule has 0 amide bonds. The van der Waals surface area contributed by atoms with Crippen LogP contribution in [0.1, 0.15) is 11.3 Å².